The predicted molar refractivity (Wildman–Crippen MR) is 95.4 cm³/mol. The van der Waals surface area contributed by atoms with Gasteiger partial charge in [0.25, 0.3) is 0 Å². The van der Waals surface area contributed by atoms with E-state index in [1.54, 1.807) is 0 Å². The van der Waals surface area contributed by atoms with E-state index in [-0.39, 0.29) is 6.10 Å². The third-order valence-electron chi connectivity index (χ3n) is 5.07. The average molecular weight is 319 g/mol. The molecule has 130 valence electrons. The summed E-state index contributed by atoms with van der Waals surface area (Å²) in [7, 11) is 2.21. The van der Waals surface area contributed by atoms with E-state index < -0.39 is 0 Å². The van der Waals surface area contributed by atoms with E-state index in [0.29, 0.717) is 12.6 Å². The Bertz CT molecular complexity index is 423. The summed E-state index contributed by atoms with van der Waals surface area (Å²) in [6.07, 6.45) is 6.56. The molecule has 1 saturated carbocycles. The van der Waals surface area contributed by atoms with Crippen LogP contribution in [0.1, 0.15) is 51.0 Å². The van der Waals surface area contributed by atoms with Crippen molar-refractivity contribution in [3.05, 3.63) is 35.9 Å². The molecule has 2 rings (SSSR count). The fourth-order valence-electron chi connectivity index (χ4n) is 3.78. The van der Waals surface area contributed by atoms with Crippen LogP contribution in [0.4, 0.5) is 0 Å². The number of hydrogen-bond donors (Lipinski definition) is 1. The Morgan fingerprint density at radius 2 is 2.00 bits per heavy atom. The van der Waals surface area contributed by atoms with E-state index in [1.165, 1.54) is 24.8 Å². The smallest absolute Gasteiger partial charge is 0.0716 e. The molecule has 0 radical (unpaired) electrons. The third kappa shape index (κ3) is 6.25. The topological polar surface area (TPSA) is 32.7 Å². The lowest BCUT2D eigenvalue weighted by molar-refractivity contribution is 0.0293. The highest BCUT2D eigenvalue weighted by molar-refractivity contribution is 5.13. The summed E-state index contributed by atoms with van der Waals surface area (Å²) in [6.45, 7) is 4.81. The molecule has 23 heavy (non-hydrogen) atoms. The first-order valence-corrected chi connectivity index (χ1v) is 9.20. The molecule has 0 spiro atoms. The van der Waals surface area contributed by atoms with Gasteiger partial charge >= 0.3 is 0 Å². The SMILES string of the molecule is CCCC1CCC(O)CC1N(C)CCCOCc1ccccc1. The first kappa shape index (κ1) is 18.4. The van der Waals surface area contributed by atoms with Gasteiger partial charge in [0.05, 0.1) is 12.7 Å². The fraction of sp³-hybridized carbons (Fsp3) is 0.700. The van der Waals surface area contributed by atoms with Crippen molar-refractivity contribution in [3.8, 4) is 0 Å². The van der Waals surface area contributed by atoms with E-state index in [9.17, 15) is 5.11 Å². The van der Waals surface area contributed by atoms with Crippen LogP contribution in [-0.2, 0) is 11.3 Å². The van der Waals surface area contributed by atoms with Gasteiger partial charge in [-0.2, -0.15) is 0 Å². The second kappa shape index (κ2) is 10.1. The molecule has 1 aromatic rings. The Hall–Kier alpha value is -0.900. The maximum Gasteiger partial charge on any atom is 0.0716 e. The number of ether oxygens (including phenoxy) is 1. The fourth-order valence-corrected chi connectivity index (χ4v) is 3.78. The second-order valence-electron chi connectivity index (χ2n) is 6.96. The monoisotopic (exact) mass is 319 g/mol. The molecule has 0 heterocycles. The molecule has 0 amide bonds. The number of hydrogen-bond acceptors (Lipinski definition) is 3. The zero-order chi connectivity index (χ0) is 16.5. The van der Waals surface area contributed by atoms with Crippen LogP contribution < -0.4 is 0 Å². The minimum atomic E-state index is -0.107. The molecule has 0 saturated heterocycles. The highest BCUT2D eigenvalue weighted by atomic mass is 16.5. The molecule has 3 unspecified atom stereocenters. The molecule has 1 fully saturated rings. The van der Waals surface area contributed by atoms with Crippen LogP contribution in [0.3, 0.4) is 0 Å². The van der Waals surface area contributed by atoms with Gasteiger partial charge in [-0.25, -0.2) is 0 Å². The number of aliphatic hydroxyl groups is 1. The van der Waals surface area contributed by atoms with Crippen LogP contribution in [0.5, 0.6) is 0 Å². The van der Waals surface area contributed by atoms with Gasteiger partial charge in [-0.1, -0.05) is 43.7 Å². The largest absolute Gasteiger partial charge is 0.393 e. The van der Waals surface area contributed by atoms with E-state index in [4.69, 9.17) is 4.74 Å². The summed E-state index contributed by atoms with van der Waals surface area (Å²) < 4.78 is 5.78. The lowest BCUT2D eigenvalue weighted by Gasteiger charge is -2.40. The summed E-state index contributed by atoms with van der Waals surface area (Å²) in [5, 5.41) is 10.00. The lowest BCUT2D eigenvalue weighted by atomic mass is 9.79. The van der Waals surface area contributed by atoms with Crippen molar-refractivity contribution in [1.82, 2.24) is 4.90 Å². The predicted octanol–water partition coefficient (Wildman–Crippen LogP) is 3.85. The maximum atomic E-state index is 10.00. The van der Waals surface area contributed by atoms with Crippen molar-refractivity contribution in [2.24, 2.45) is 5.92 Å². The highest BCUT2D eigenvalue weighted by Gasteiger charge is 2.31. The van der Waals surface area contributed by atoms with Crippen molar-refractivity contribution < 1.29 is 9.84 Å². The molecular weight excluding hydrogens is 286 g/mol. The molecule has 3 nitrogen and oxygen atoms in total. The number of nitrogens with zero attached hydrogens (tertiary/aromatic N) is 1. The Balaban J connectivity index is 1.67. The number of aliphatic hydroxyl groups excluding tert-OH is 1. The number of benzene rings is 1. The van der Waals surface area contributed by atoms with Crippen molar-refractivity contribution >= 4 is 0 Å². The van der Waals surface area contributed by atoms with Crippen LogP contribution >= 0.6 is 0 Å². The van der Waals surface area contributed by atoms with Gasteiger partial charge < -0.3 is 14.7 Å². The Morgan fingerprint density at radius 3 is 2.74 bits per heavy atom. The van der Waals surface area contributed by atoms with Crippen molar-refractivity contribution in [2.45, 2.75) is 64.2 Å². The van der Waals surface area contributed by atoms with Crippen LogP contribution in [0.2, 0.25) is 0 Å². The average Bonchev–Trinajstić information content (AvgIpc) is 2.57. The van der Waals surface area contributed by atoms with Gasteiger partial charge in [-0.05, 0) is 50.6 Å². The van der Waals surface area contributed by atoms with Crippen LogP contribution in [0.25, 0.3) is 0 Å². The van der Waals surface area contributed by atoms with E-state index in [1.807, 2.05) is 6.07 Å². The molecular formula is C20H33NO2. The van der Waals surface area contributed by atoms with Gasteiger partial charge in [0.1, 0.15) is 0 Å². The quantitative estimate of drug-likeness (QED) is 0.702. The standard InChI is InChI=1S/C20H33NO2/c1-3-8-18-11-12-19(22)15-20(18)21(2)13-7-14-23-16-17-9-5-4-6-10-17/h4-6,9-10,18-20,22H,3,7-8,11-16H2,1-2H3. The second-order valence-corrected chi connectivity index (χ2v) is 6.96. The zero-order valence-electron chi connectivity index (χ0n) is 14.8. The molecule has 3 atom stereocenters. The molecule has 0 bridgehead atoms. The molecule has 1 aliphatic rings. The summed E-state index contributed by atoms with van der Waals surface area (Å²) in [4.78, 5) is 2.45. The van der Waals surface area contributed by atoms with Crippen LogP contribution in [0.15, 0.2) is 30.3 Å². The van der Waals surface area contributed by atoms with Crippen molar-refractivity contribution in [3.63, 3.8) is 0 Å². The van der Waals surface area contributed by atoms with Crippen LogP contribution in [-0.4, -0.2) is 42.4 Å². The lowest BCUT2D eigenvalue weighted by Crippen LogP contribution is -2.44. The van der Waals surface area contributed by atoms with E-state index in [0.717, 1.165) is 38.3 Å². The first-order valence-electron chi connectivity index (χ1n) is 9.20. The summed E-state index contributed by atoms with van der Waals surface area (Å²) in [5.74, 6) is 0.749. The molecule has 0 aliphatic heterocycles. The molecule has 1 aromatic carbocycles. The molecule has 3 heteroatoms. The van der Waals surface area contributed by atoms with Gasteiger partial charge in [-0.3, -0.25) is 0 Å². The van der Waals surface area contributed by atoms with Gasteiger partial charge in [0.2, 0.25) is 0 Å². The maximum absolute atomic E-state index is 10.00. The van der Waals surface area contributed by atoms with Crippen molar-refractivity contribution in [1.29, 1.82) is 0 Å². The molecule has 1 aliphatic carbocycles. The third-order valence-corrected chi connectivity index (χ3v) is 5.07. The normalized spacial score (nSPS) is 25.0. The van der Waals surface area contributed by atoms with Gasteiger partial charge in [0, 0.05) is 19.2 Å². The summed E-state index contributed by atoms with van der Waals surface area (Å²) in [5.41, 5.74) is 1.24. The van der Waals surface area contributed by atoms with Gasteiger partial charge in [-0.15, -0.1) is 0 Å². The Kier molecular flexibility index (Phi) is 8.07. The first-order chi connectivity index (χ1) is 11.2. The van der Waals surface area contributed by atoms with E-state index in [2.05, 4.69) is 43.1 Å². The minimum Gasteiger partial charge on any atom is -0.393 e. The van der Waals surface area contributed by atoms with Crippen molar-refractivity contribution in [2.75, 3.05) is 20.2 Å². The highest BCUT2D eigenvalue weighted by Crippen LogP contribution is 2.31. The van der Waals surface area contributed by atoms with Crippen LogP contribution in [0, 0.1) is 5.92 Å². The number of rotatable bonds is 9. The molecule has 0 aromatic heterocycles. The van der Waals surface area contributed by atoms with E-state index >= 15 is 0 Å². The summed E-state index contributed by atoms with van der Waals surface area (Å²) >= 11 is 0. The Labute approximate surface area is 141 Å². The zero-order valence-corrected chi connectivity index (χ0v) is 14.8. The van der Waals surface area contributed by atoms with Gasteiger partial charge in [0.15, 0.2) is 0 Å². The summed E-state index contributed by atoms with van der Waals surface area (Å²) in [6, 6.07) is 10.9. The Morgan fingerprint density at radius 1 is 1.22 bits per heavy atom. The minimum absolute atomic E-state index is 0.107. The molecule has 1 N–H and O–H groups in total.